The molecule has 0 amide bonds. The molecular weight excluding hydrogens is 419 g/mol. The average Bonchev–Trinajstić information content (AvgIpc) is 3.17. The van der Waals surface area contributed by atoms with Gasteiger partial charge in [-0.3, -0.25) is 0 Å². The number of rotatable bonds is 4. The first kappa shape index (κ1) is 23.1. The highest BCUT2D eigenvalue weighted by atomic mass is 19.4. The Morgan fingerprint density at radius 1 is 1.00 bits per heavy atom. The number of carbonyl (C=O) groups is 1. The summed E-state index contributed by atoms with van der Waals surface area (Å²) in [6.07, 6.45) is -1.50. The third-order valence-corrected chi connectivity index (χ3v) is 5.74. The van der Waals surface area contributed by atoms with Gasteiger partial charge in [0.1, 0.15) is 11.6 Å². The monoisotopic (exact) mass is 442 g/mol. The van der Waals surface area contributed by atoms with Crippen molar-refractivity contribution in [2.45, 2.75) is 37.5 Å². The first-order valence-corrected chi connectivity index (χ1v) is 9.86. The lowest BCUT2D eigenvalue weighted by Gasteiger charge is -2.46. The van der Waals surface area contributed by atoms with Crippen LogP contribution < -0.4 is 10.6 Å². The zero-order valence-electron chi connectivity index (χ0n) is 16.6. The van der Waals surface area contributed by atoms with Gasteiger partial charge in [0.25, 0.3) is 0 Å². The Morgan fingerprint density at radius 2 is 1.45 bits per heavy atom. The smallest absolute Gasteiger partial charge is 0.475 e. The minimum atomic E-state index is -5.08. The standard InChI is InChI=1S/C20H22F2N2.C2HF3O2/c21-16-5-1-14(2-6-16)19(15-3-7-17(22)8-4-15)24-18-11-20(12-18)9-10-23-13-20;3-2(4,5)1(6)7/h1-8,18-19,23-24H,9-13H2;(H,6,7). The number of hydrogen-bond donors (Lipinski definition) is 3. The predicted molar refractivity (Wildman–Crippen MR) is 104 cm³/mol. The Morgan fingerprint density at radius 3 is 1.81 bits per heavy atom. The second-order valence-corrected chi connectivity index (χ2v) is 8.04. The van der Waals surface area contributed by atoms with Gasteiger partial charge in [-0.2, -0.15) is 13.2 Å². The van der Waals surface area contributed by atoms with E-state index in [1.54, 1.807) is 0 Å². The number of aliphatic carboxylic acids is 1. The van der Waals surface area contributed by atoms with Crippen molar-refractivity contribution in [2.24, 2.45) is 5.41 Å². The van der Waals surface area contributed by atoms with Crippen molar-refractivity contribution >= 4 is 5.97 Å². The second kappa shape index (κ2) is 9.32. The SMILES string of the molecule is Fc1ccc(C(NC2CC3(CCNC3)C2)c2ccc(F)cc2)cc1.O=C(O)C(F)(F)F. The molecule has 1 saturated carbocycles. The molecule has 4 rings (SSSR count). The summed E-state index contributed by atoms with van der Waals surface area (Å²) in [5.74, 6) is -3.24. The van der Waals surface area contributed by atoms with Crippen molar-refractivity contribution in [1.29, 1.82) is 0 Å². The summed E-state index contributed by atoms with van der Waals surface area (Å²) in [7, 11) is 0. The fourth-order valence-corrected chi connectivity index (χ4v) is 4.18. The molecule has 0 unspecified atom stereocenters. The molecule has 0 atom stereocenters. The maximum atomic E-state index is 13.3. The number of nitrogens with one attached hydrogen (secondary N) is 2. The van der Waals surface area contributed by atoms with Crippen LogP contribution in [-0.4, -0.2) is 36.4 Å². The third kappa shape index (κ3) is 6.01. The normalized spacial score (nSPS) is 22.7. The van der Waals surface area contributed by atoms with E-state index in [1.165, 1.54) is 43.5 Å². The van der Waals surface area contributed by atoms with E-state index < -0.39 is 12.1 Å². The number of hydrogen-bond acceptors (Lipinski definition) is 3. The van der Waals surface area contributed by atoms with E-state index in [0.717, 1.165) is 24.2 Å². The summed E-state index contributed by atoms with van der Waals surface area (Å²) in [4.78, 5) is 8.90. The quantitative estimate of drug-likeness (QED) is 0.614. The van der Waals surface area contributed by atoms with E-state index in [9.17, 15) is 22.0 Å². The Labute approximate surface area is 176 Å². The van der Waals surface area contributed by atoms with Crippen LogP contribution in [0.15, 0.2) is 48.5 Å². The van der Waals surface area contributed by atoms with Crippen molar-refractivity contribution < 1.29 is 31.9 Å². The zero-order chi connectivity index (χ0) is 22.6. The van der Waals surface area contributed by atoms with Gasteiger partial charge < -0.3 is 15.7 Å². The van der Waals surface area contributed by atoms with Gasteiger partial charge in [-0.25, -0.2) is 13.6 Å². The molecule has 9 heteroatoms. The van der Waals surface area contributed by atoms with E-state index in [1.807, 2.05) is 24.3 Å². The van der Waals surface area contributed by atoms with Crippen LogP contribution in [0.4, 0.5) is 22.0 Å². The molecule has 2 aromatic carbocycles. The fraction of sp³-hybridized carbons (Fsp3) is 0.409. The lowest BCUT2D eigenvalue weighted by atomic mass is 9.64. The zero-order valence-corrected chi connectivity index (χ0v) is 16.6. The Kier molecular flexibility index (Phi) is 6.96. The Balaban J connectivity index is 0.000000339. The molecular formula is C22H23F5N2O2. The van der Waals surface area contributed by atoms with Gasteiger partial charge in [-0.15, -0.1) is 0 Å². The molecule has 2 aromatic rings. The van der Waals surface area contributed by atoms with Gasteiger partial charge in [0.15, 0.2) is 0 Å². The second-order valence-electron chi connectivity index (χ2n) is 8.04. The summed E-state index contributed by atoms with van der Waals surface area (Å²) < 4.78 is 58.3. The van der Waals surface area contributed by atoms with Gasteiger partial charge in [0, 0.05) is 12.6 Å². The maximum absolute atomic E-state index is 13.3. The van der Waals surface area contributed by atoms with Crippen LogP contribution in [0, 0.1) is 17.0 Å². The van der Waals surface area contributed by atoms with E-state index >= 15 is 0 Å². The minimum Gasteiger partial charge on any atom is -0.475 e. The fourth-order valence-electron chi connectivity index (χ4n) is 4.18. The first-order valence-electron chi connectivity index (χ1n) is 9.86. The van der Waals surface area contributed by atoms with Crippen molar-refractivity contribution in [3.05, 3.63) is 71.3 Å². The van der Waals surface area contributed by atoms with Crippen LogP contribution in [-0.2, 0) is 4.79 Å². The molecule has 31 heavy (non-hydrogen) atoms. The average molecular weight is 442 g/mol. The number of carboxylic acid groups (broad SMARTS) is 1. The molecule has 1 saturated heterocycles. The molecule has 0 radical (unpaired) electrons. The highest BCUT2D eigenvalue weighted by molar-refractivity contribution is 5.73. The molecule has 1 aliphatic heterocycles. The van der Waals surface area contributed by atoms with Gasteiger partial charge in [0.2, 0.25) is 0 Å². The molecule has 1 aliphatic carbocycles. The van der Waals surface area contributed by atoms with Gasteiger partial charge in [-0.05, 0) is 66.6 Å². The van der Waals surface area contributed by atoms with Crippen molar-refractivity contribution in [3.63, 3.8) is 0 Å². The maximum Gasteiger partial charge on any atom is 0.490 e. The van der Waals surface area contributed by atoms with Crippen molar-refractivity contribution in [1.82, 2.24) is 10.6 Å². The van der Waals surface area contributed by atoms with Crippen molar-refractivity contribution in [3.8, 4) is 0 Å². The summed E-state index contributed by atoms with van der Waals surface area (Å²) in [6.45, 7) is 2.23. The molecule has 0 aromatic heterocycles. The molecule has 168 valence electrons. The van der Waals surface area contributed by atoms with Crippen LogP contribution in [0.25, 0.3) is 0 Å². The molecule has 3 N–H and O–H groups in total. The molecule has 2 aliphatic rings. The topological polar surface area (TPSA) is 61.4 Å². The highest BCUT2D eigenvalue weighted by Gasteiger charge is 2.46. The van der Waals surface area contributed by atoms with Crippen LogP contribution in [0.1, 0.15) is 36.4 Å². The van der Waals surface area contributed by atoms with Crippen LogP contribution in [0.5, 0.6) is 0 Å². The van der Waals surface area contributed by atoms with Crippen LogP contribution >= 0.6 is 0 Å². The lowest BCUT2D eigenvalue weighted by molar-refractivity contribution is -0.192. The predicted octanol–water partition coefficient (Wildman–Crippen LogP) is 4.42. The van der Waals surface area contributed by atoms with Crippen LogP contribution in [0.2, 0.25) is 0 Å². The highest BCUT2D eigenvalue weighted by Crippen LogP contribution is 2.46. The molecule has 4 nitrogen and oxygen atoms in total. The number of alkyl halides is 3. The van der Waals surface area contributed by atoms with Gasteiger partial charge in [0.05, 0.1) is 6.04 Å². The number of benzene rings is 2. The van der Waals surface area contributed by atoms with Gasteiger partial charge in [-0.1, -0.05) is 24.3 Å². The van der Waals surface area contributed by atoms with E-state index in [0.29, 0.717) is 11.5 Å². The van der Waals surface area contributed by atoms with E-state index in [-0.39, 0.29) is 17.7 Å². The van der Waals surface area contributed by atoms with Crippen molar-refractivity contribution in [2.75, 3.05) is 13.1 Å². The molecule has 2 fully saturated rings. The Hall–Kier alpha value is -2.52. The van der Waals surface area contributed by atoms with Crippen LogP contribution in [0.3, 0.4) is 0 Å². The number of halogens is 5. The summed E-state index contributed by atoms with van der Waals surface area (Å²) in [6, 6.07) is 13.6. The minimum absolute atomic E-state index is 0.0390. The molecule has 1 heterocycles. The Bertz CT molecular complexity index is 825. The lowest BCUT2D eigenvalue weighted by Crippen LogP contribution is -2.51. The third-order valence-electron chi connectivity index (χ3n) is 5.74. The number of carboxylic acids is 1. The first-order chi connectivity index (χ1) is 14.6. The summed E-state index contributed by atoms with van der Waals surface area (Å²) in [5, 5.41) is 14.3. The van der Waals surface area contributed by atoms with E-state index in [4.69, 9.17) is 9.90 Å². The summed E-state index contributed by atoms with van der Waals surface area (Å²) >= 11 is 0. The van der Waals surface area contributed by atoms with E-state index in [2.05, 4.69) is 10.6 Å². The summed E-state index contributed by atoms with van der Waals surface area (Å²) in [5.41, 5.74) is 2.48. The molecule has 1 spiro atoms. The van der Waals surface area contributed by atoms with Gasteiger partial charge >= 0.3 is 12.1 Å². The largest absolute Gasteiger partial charge is 0.490 e. The molecule has 0 bridgehead atoms.